The van der Waals surface area contributed by atoms with Gasteiger partial charge in [0.25, 0.3) is 6.08 Å². The van der Waals surface area contributed by atoms with Gasteiger partial charge in [-0.05, 0) is 18.2 Å². The molecule has 0 unspecified atom stereocenters. The summed E-state index contributed by atoms with van der Waals surface area (Å²) in [7, 11) is 0. The second kappa shape index (κ2) is 3.88. The maximum Gasteiger partial charge on any atom is 0.416 e. The van der Waals surface area contributed by atoms with Gasteiger partial charge >= 0.3 is 6.18 Å². The number of hydrogen-bond acceptors (Lipinski definition) is 1. The molecule has 6 heteroatoms. The van der Waals surface area contributed by atoms with Crippen molar-refractivity contribution in [3.05, 3.63) is 35.4 Å². The molecule has 1 nitrogen and oxygen atoms in total. The van der Waals surface area contributed by atoms with Gasteiger partial charge in [-0.1, -0.05) is 0 Å². The van der Waals surface area contributed by atoms with Crippen molar-refractivity contribution in [1.82, 2.24) is 0 Å². The van der Waals surface area contributed by atoms with Crippen LogP contribution in [0.2, 0.25) is 0 Å². The Bertz CT molecular complexity index is 390. The average molecular weight is 223 g/mol. The van der Waals surface area contributed by atoms with Crippen LogP contribution in [0.4, 0.5) is 27.6 Å². The molecular formula is C9H6F5N. The molecule has 0 atom stereocenters. The highest BCUT2D eigenvalue weighted by Crippen LogP contribution is 2.31. The highest BCUT2D eigenvalue weighted by Gasteiger charge is 2.30. The van der Waals surface area contributed by atoms with E-state index in [-0.39, 0.29) is 11.3 Å². The molecule has 1 aromatic rings. The van der Waals surface area contributed by atoms with Crippen LogP contribution in [0, 0.1) is 0 Å². The van der Waals surface area contributed by atoms with E-state index in [1.54, 1.807) is 0 Å². The number of benzene rings is 1. The lowest BCUT2D eigenvalue weighted by molar-refractivity contribution is -0.137. The van der Waals surface area contributed by atoms with Crippen LogP contribution < -0.4 is 5.73 Å². The topological polar surface area (TPSA) is 26.0 Å². The summed E-state index contributed by atoms with van der Waals surface area (Å²) in [6.45, 7) is 0. The number of nitrogen functional groups attached to an aromatic ring is 1. The summed E-state index contributed by atoms with van der Waals surface area (Å²) in [6.07, 6.45) is -6.37. The SMILES string of the molecule is Nc1ccc(C(F)(F)F)cc1C=C(F)F. The maximum absolute atomic E-state index is 12.2. The molecule has 0 radical (unpaired) electrons. The summed E-state index contributed by atoms with van der Waals surface area (Å²) in [5, 5.41) is 0. The van der Waals surface area contributed by atoms with E-state index in [4.69, 9.17) is 5.73 Å². The van der Waals surface area contributed by atoms with Crippen LogP contribution in [0.3, 0.4) is 0 Å². The normalized spacial score (nSPS) is 11.3. The minimum Gasteiger partial charge on any atom is -0.398 e. The number of rotatable bonds is 1. The van der Waals surface area contributed by atoms with Gasteiger partial charge in [0.15, 0.2) is 0 Å². The Morgan fingerprint density at radius 1 is 1.20 bits per heavy atom. The van der Waals surface area contributed by atoms with Gasteiger partial charge in [-0.15, -0.1) is 0 Å². The van der Waals surface area contributed by atoms with Crippen LogP contribution >= 0.6 is 0 Å². The van der Waals surface area contributed by atoms with E-state index < -0.39 is 17.8 Å². The van der Waals surface area contributed by atoms with Crippen LogP contribution in [0.15, 0.2) is 24.3 Å². The summed E-state index contributed by atoms with van der Waals surface area (Å²) in [5.41, 5.74) is 3.75. The highest BCUT2D eigenvalue weighted by atomic mass is 19.4. The van der Waals surface area contributed by atoms with Gasteiger partial charge in [0.2, 0.25) is 0 Å². The highest BCUT2D eigenvalue weighted by molar-refractivity contribution is 5.65. The monoisotopic (exact) mass is 223 g/mol. The fraction of sp³-hybridized carbons (Fsp3) is 0.111. The van der Waals surface area contributed by atoms with Crippen molar-refractivity contribution >= 4 is 11.8 Å². The minimum atomic E-state index is -4.57. The molecule has 0 aliphatic heterocycles. The van der Waals surface area contributed by atoms with E-state index >= 15 is 0 Å². The van der Waals surface area contributed by atoms with Gasteiger partial charge in [0.05, 0.1) is 5.56 Å². The lowest BCUT2D eigenvalue weighted by atomic mass is 10.1. The largest absolute Gasteiger partial charge is 0.416 e. The van der Waals surface area contributed by atoms with Crippen LogP contribution in [0.25, 0.3) is 6.08 Å². The molecule has 82 valence electrons. The number of anilines is 1. The van der Waals surface area contributed by atoms with E-state index in [0.29, 0.717) is 12.1 Å². The Labute approximate surface area is 82.0 Å². The lowest BCUT2D eigenvalue weighted by Crippen LogP contribution is -2.05. The third-order valence-electron chi connectivity index (χ3n) is 1.68. The van der Waals surface area contributed by atoms with E-state index in [1.165, 1.54) is 0 Å². The first-order chi connectivity index (χ1) is 6.80. The molecule has 0 aromatic heterocycles. The first-order valence-corrected chi connectivity index (χ1v) is 3.80. The molecule has 0 saturated carbocycles. The van der Waals surface area contributed by atoms with Crippen LogP contribution in [-0.2, 0) is 6.18 Å². The second-order valence-electron chi connectivity index (χ2n) is 2.78. The van der Waals surface area contributed by atoms with Crippen molar-refractivity contribution < 1.29 is 22.0 Å². The molecule has 15 heavy (non-hydrogen) atoms. The molecule has 0 fully saturated rings. The Morgan fingerprint density at radius 3 is 2.27 bits per heavy atom. The van der Waals surface area contributed by atoms with Gasteiger partial charge in [-0.3, -0.25) is 0 Å². The second-order valence-corrected chi connectivity index (χ2v) is 2.78. The number of hydrogen-bond donors (Lipinski definition) is 1. The minimum absolute atomic E-state index is 0.129. The molecule has 0 bridgehead atoms. The summed E-state index contributed by atoms with van der Waals surface area (Å²) in [6, 6.07) is 2.26. The Balaban J connectivity index is 3.23. The molecular weight excluding hydrogens is 217 g/mol. The van der Waals surface area contributed by atoms with Crippen LogP contribution in [0.5, 0.6) is 0 Å². The Kier molecular flexibility index (Phi) is 2.97. The molecule has 0 heterocycles. The van der Waals surface area contributed by atoms with E-state index in [0.717, 1.165) is 12.1 Å². The van der Waals surface area contributed by atoms with E-state index in [2.05, 4.69) is 0 Å². The van der Waals surface area contributed by atoms with Crippen molar-refractivity contribution in [2.75, 3.05) is 5.73 Å². The van der Waals surface area contributed by atoms with Crippen molar-refractivity contribution in [2.24, 2.45) is 0 Å². The van der Waals surface area contributed by atoms with Crippen molar-refractivity contribution in [1.29, 1.82) is 0 Å². The summed E-state index contributed by atoms with van der Waals surface area (Å²) >= 11 is 0. The summed E-state index contributed by atoms with van der Waals surface area (Å²) < 4.78 is 60.3. The summed E-state index contributed by atoms with van der Waals surface area (Å²) in [4.78, 5) is 0. The number of halogens is 5. The van der Waals surface area contributed by atoms with E-state index in [1.807, 2.05) is 0 Å². The smallest absolute Gasteiger partial charge is 0.398 e. The molecule has 0 aliphatic carbocycles. The summed E-state index contributed by atoms with van der Waals surface area (Å²) in [5.74, 6) is 0. The van der Waals surface area contributed by atoms with Gasteiger partial charge in [-0.2, -0.15) is 22.0 Å². The molecule has 1 rings (SSSR count). The Hall–Kier alpha value is -1.59. The van der Waals surface area contributed by atoms with Gasteiger partial charge in [0.1, 0.15) is 0 Å². The van der Waals surface area contributed by atoms with Crippen molar-refractivity contribution in [3.8, 4) is 0 Å². The lowest BCUT2D eigenvalue weighted by Gasteiger charge is -2.08. The third-order valence-corrected chi connectivity index (χ3v) is 1.68. The fourth-order valence-electron chi connectivity index (χ4n) is 0.994. The van der Waals surface area contributed by atoms with Gasteiger partial charge in [0, 0.05) is 17.3 Å². The number of nitrogens with two attached hydrogens (primary N) is 1. The average Bonchev–Trinajstić information content (AvgIpc) is 2.06. The molecule has 0 aliphatic rings. The first-order valence-electron chi connectivity index (χ1n) is 3.80. The molecule has 2 N–H and O–H groups in total. The van der Waals surface area contributed by atoms with Gasteiger partial charge in [-0.25, -0.2) is 0 Å². The molecule has 1 aromatic carbocycles. The van der Waals surface area contributed by atoms with Crippen molar-refractivity contribution in [3.63, 3.8) is 0 Å². The molecule has 0 spiro atoms. The van der Waals surface area contributed by atoms with Crippen LogP contribution in [-0.4, -0.2) is 0 Å². The zero-order valence-electron chi connectivity index (χ0n) is 7.28. The van der Waals surface area contributed by atoms with E-state index in [9.17, 15) is 22.0 Å². The Morgan fingerprint density at radius 2 is 1.80 bits per heavy atom. The quantitative estimate of drug-likeness (QED) is 0.572. The fourth-order valence-corrected chi connectivity index (χ4v) is 0.994. The third kappa shape index (κ3) is 2.93. The predicted molar refractivity (Wildman–Crippen MR) is 46.0 cm³/mol. The standard InChI is InChI=1S/C9H6F5N/c10-8(11)4-5-3-6(9(12,13)14)1-2-7(5)15/h1-4H,15H2. The van der Waals surface area contributed by atoms with Gasteiger partial charge < -0.3 is 5.73 Å². The molecule has 0 saturated heterocycles. The maximum atomic E-state index is 12.2. The number of alkyl halides is 3. The van der Waals surface area contributed by atoms with Crippen LogP contribution in [0.1, 0.15) is 11.1 Å². The first kappa shape index (κ1) is 11.5. The molecule has 0 amide bonds. The van der Waals surface area contributed by atoms with Crippen molar-refractivity contribution in [2.45, 2.75) is 6.18 Å². The zero-order chi connectivity index (χ0) is 11.6. The zero-order valence-corrected chi connectivity index (χ0v) is 7.28. The predicted octanol–water partition coefficient (Wildman–Crippen LogP) is 3.53.